The summed E-state index contributed by atoms with van der Waals surface area (Å²) < 4.78 is 6.28. The summed E-state index contributed by atoms with van der Waals surface area (Å²) in [4.78, 5) is 49.3. The number of carbonyl (C=O) groups excluding carboxylic acids is 3. The molecule has 4 rings (SSSR count). The summed E-state index contributed by atoms with van der Waals surface area (Å²) in [5.74, 6) is -0.206. The number of nitrogens with one attached hydrogen (secondary N) is 4. The van der Waals surface area contributed by atoms with Gasteiger partial charge in [-0.1, -0.05) is 36.4 Å². The number of carboxylic acids is 1. The number of fused-ring (bicyclic) bond motifs is 1. The lowest BCUT2D eigenvalue weighted by atomic mass is 9.73. The van der Waals surface area contributed by atoms with Gasteiger partial charge in [0.1, 0.15) is 23.9 Å². The zero-order chi connectivity index (χ0) is 30.1. The highest BCUT2D eigenvalue weighted by Crippen LogP contribution is 2.40. The average Bonchev–Trinajstić information content (AvgIpc) is 3.33. The summed E-state index contributed by atoms with van der Waals surface area (Å²) in [7, 11) is 0. The topological polar surface area (TPSA) is 146 Å². The summed E-state index contributed by atoms with van der Waals surface area (Å²) in [5, 5.41) is 20.8. The van der Waals surface area contributed by atoms with Gasteiger partial charge < -0.3 is 31.1 Å². The van der Waals surface area contributed by atoms with Gasteiger partial charge in [0.2, 0.25) is 17.7 Å². The van der Waals surface area contributed by atoms with Gasteiger partial charge in [0.25, 0.3) is 0 Å². The van der Waals surface area contributed by atoms with Gasteiger partial charge in [0.05, 0.1) is 0 Å². The van der Waals surface area contributed by atoms with Crippen molar-refractivity contribution in [1.29, 1.82) is 0 Å². The Kier molecular flexibility index (Phi) is 10.9. The predicted molar refractivity (Wildman–Crippen MR) is 158 cm³/mol. The lowest BCUT2D eigenvalue weighted by Gasteiger charge is -2.39. The molecule has 0 spiro atoms. The number of amides is 3. The molecule has 1 aliphatic heterocycles. The first kappa shape index (κ1) is 31.0. The van der Waals surface area contributed by atoms with Gasteiger partial charge in [-0.3, -0.25) is 19.2 Å². The molecule has 2 aromatic rings. The normalized spacial score (nSPS) is 20.4. The van der Waals surface area contributed by atoms with Crippen LogP contribution in [0, 0.1) is 18.8 Å². The quantitative estimate of drug-likeness (QED) is 0.218. The lowest BCUT2D eigenvalue weighted by molar-refractivity contribution is -0.137. The number of carboxylic acid groups (broad SMARTS) is 1. The highest BCUT2D eigenvalue weighted by atomic mass is 16.5. The highest BCUT2D eigenvalue weighted by molar-refractivity contribution is 5.91. The molecule has 5 atom stereocenters. The number of ether oxygens (including phenoxy) is 1. The molecule has 0 radical (unpaired) electrons. The van der Waals surface area contributed by atoms with Crippen LogP contribution in [0.3, 0.4) is 0 Å². The fraction of sp³-hybridized carbons (Fsp3) is 0.500. The van der Waals surface area contributed by atoms with E-state index in [2.05, 4.69) is 21.3 Å². The fourth-order valence-corrected chi connectivity index (χ4v) is 5.72. The predicted octanol–water partition coefficient (Wildman–Crippen LogP) is 2.48. The van der Waals surface area contributed by atoms with Crippen molar-refractivity contribution >= 4 is 23.7 Å². The van der Waals surface area contributed by atoms with Gasteiger partial charge in [-0.2, -0.15) is 0 Å². The molecule has 0 aromatic heterocycles. The molecule has 2 aliphatic rings. The molecule has 42 heavy (non-hydrogen) atoms. The van der Waals surface area contributed by atoms with E-state index in [-0.39, 0.29) is 37.8 Å². The molecule has 0 bridgehead atoms. The number of benzene rings is 2. The van der Waals surface area contributed by atoms with Crippen LogP contribution >= 0.6 is 0 Å². The Bertz CT molecular complexity index is 1250. The molecule has 1 saturated carbocycles. The standard InChI is InChI=1S/C32H42N4O6/c1-20-11-13-25(42-29-16-24-17-33-19-26(24)29)15-23(20)18-34-31(40)28(14-12-22-7-4-3-5-8-22)36-32(41)27(35-21(2)37)9-6-10-30(38)39/h3-5,7-8,11,13,15,24,26-29,33H,6,9-10,12,14,16-19H2,1-2H3,(H,34,40)(H,35,37)(H,36,41)(H,38,39)/t24?,26?,27-,28-,29?/m0/s1. The maximum absolute atomic E-state index is 13.4. The van der Waals surface area contributed by atoms with E-state index in [4.69, 9.17) is 9.84 Å². The monoisotopic (exact) mass is 578 g/mol. The minimum atomic E-state index is -0.978. The maximum Gasteiger partial charge on any atom is 0.303 e. The second-order valence-electron chi connectivity index (χ2n) is 11.4. The molecule has 2 aromatic carbocycles. The molecule has 2 fully saturated rings. The molecule has 3 unspecified atom stereocenters. The van der Waals surface area contributed by atoms with E-state index < -0.39 is 29.9 Å². The van der Waals surface area contributed by atoms with Gasteiger partial charge in [-0.15, -0.1) is 0 Å². The van der Waals surface area contributed by atoms with Crippen LogP contribution < -0.4 is 26.0 Å². The van der Waals surface area contributed by atoms with Crippen molar-refractivity contribution in [2.45, 2.75) is 77.1 Å². The van der Waals surface area contributed by atoms with E-state index in [0.29, 0.717) is 24.7 Å². The van der Waals surface area contributed by atoms with E-state index in [1.807, 2.05) is 55.5 Å². The third-order valence-electron chi connectivity index (χ3n) is 8.24. The first-order chi connectivity index (χ1) is 20.2. The van der Waals surface area contributed by atoms with Gasteiger partial charge in [-0.25, -0.2) is 0 Å². The Balaban J connectivity index is 1.40. The number of hydrogen-bond donors (Lipinski definition) is 5. The van der Waals surface area contributed by atoms with Crippen molar-refractivity contribution in [2.75, 3.05) is 13.1 Å². The molecule has 3 amide bonds. The molecule has 226 valence electrons. The number of aryl methyl sites for hydroxylation is 2. The number of carbonyl (C=O) groups is 4. The van der Waals surface area contributed by atoms with Gasteiger partial charge in [0, 0.05) is 32.4 Å². The first-order valence-electron chi connectivity index (χ1n) is 14.8. The summed E-state index contributed by atoms with van der Waals surface area (Å²) in [6.45, 7) is 5.60. The molecular formula is C32H42N4O6. The average molecular weight is 579 g/mol. The molecular weight excluding hydrogens is 536 g/mol. The van der Waals surface area contributed by atoms with Crippen LogP contribution in [0.5, 0.6) is 5.75 Å². The molecule has 10 heteroatoms. The number of rotatable bonds is 15. The van der Waals surface area contributed by atoms with E-state index in [9.17, 15) is 19.2 Å². The Morgan fingerprint density at radius 1 is 1.00 bits per heavy atom. The van der Waals surface area contributed by atoms with E-state index >= 15 is 0 Å². The van der Waals surface area contributed by atoms with Crippen molar-refractivity contribution < 1.29 is 29.0 Å². The SMILES string of the molecule is CC(=O)N[C@@H](CCCC(=O)O)C(=O)N[C@@H](CCc1ccccc1)C(=O)NCc1cc(OC2CC3CNCC32)ccc1C. The molecule has 5 N–H and O–H groups in total. The highest BCUT2D eigenvalue weighted by Gasteiger charge is 2.45. The fourth-order valence-electron chi connectivity index (χ4n) is 5.72. The van der Waals surface area contributed by atoms with Gasteiger partial charge in [0.15, 0.2) is 0 Å². The van der Waals surface area contributed by atoms with Crippen molar-refractivity contribution in [2.24, 2.45) is 11.8 Å². The van der Waals surface area contributed by atoms with E-state index in [1.165, 1.54) is 6.92 Å². The Labute approximate surface area is 247 Å². The van der Waals surface area contributed by atoms with Crippen LogP contribution in [0.4, 0.5) is 0 Å². The zero-order valence-corrected chi connectivity index (χ0v) is 24.4. The van der Waals surface area contributed by atoms with Crippen molar-refractivity contribution in [3.63, 3.8) is 0 Å². The van der Waals surface area contributed by atoms with Gasteiger partial charge >= 0.3 is 5.97 Å². The summed E-state index contributed by atoms with van der Waals surface area (Å²) >= 11 is 0. The molecule has 10 nitrogen and oxygen atoms in total. The number of hydrogen-bond acceptors (Lipinski definition) is 6. The van der Waals surface area contributed by atoms with Crippen LogP contribution in [0.2, 0.25) is 0 Å². The molecule has 1 saturated heterocycles. The lowest BCUT2D eigenvalue weighted by Crippen LogP contribution is -2.53. The third-order valence-corrected chi connectivity index (χ3v) is 8.24. The Morgan fingerprint density at radius 3 is 2.48 bits per heavy atom. The first-order valence-corrected chi connectivity index (χ1v) is 14.8. The summed E-state index contributed by atoms with van der Waals surface area (Å²) in [5.41, 5.74) is 2.98. The summed E-state index contributed by atoms with van der Waals surface area (Å²) in [6.07, 6.45) is 2.41. The summed E-state index contributed by atoms with van der Waals surface area (Å²) in [6, 6.07) is 13.8. The maximum atomic E-state index is 13.4. The second kappa shape index (κ2) is 14.8. The Morgan fingerprint density at radius 2 is 1.76 bits per heavy atom. The van der Waals surface area contributed by atoms with E-state index in [1.54, 1.807) is 0 Å². The van der Waals surface area contributed by atoms with Crippen LogP contribution in [0.1, 0.15) is 55.7 Å². The minimum Gasteiger partial charge on any atom is -0.490 e. The third kappa shape index (κ3) is 8.79. The Hall–Kier alpha value is -3.92. The smallest absolute Gasteiger partial charge is 0.303 e. The minimum absolute atomic E-state index is 0.123. The van der Waals surface area contributed by atoms with E-state index in [0.717, 1.165) is 42.0 Å². The van der Waals surface area contributed by atoms with Crippen molar-refractivity contribution in [1.82, 2.24) is 21.3 Å². The largest absolute Gasteiger partial charge is 0.490 e. The van der Waals surface area contributed by atoms with Crippen LogP contribution in [0.25, 0.3) is 0 Å². The van der Waals surface area contributed by atoms with Crippen molar-refractivity contribution in [3.05, 3.63) is 65.2 Å². The van der Waals surface area contributed by atoms with Crippen LogP contribution in [0.15, 0.2) is 48.5 Å². The van der Waals surface area contributed by atoms with Crippen LogP contribution in [-0.4, -0.2) is 60.1 Å². The zero-order valence-electron chi connectivity index (χ0n) is 24.4. The van der Waals surface area contributed by atoms with Crippen LogP contribution in [-0.2, 0) is 32.1 Å². The second-order valence-corrected chi connectivity index (χ2v) is 11.4. The van der Waals surface area contributed by atoms with Crippen molar-refractivity contribution in [3.8, 4) is 5.75 Å². The van der Waals surface area contributed by atoms with Gasteiger partial charge in [-0.05, 0) is 80.3 Å². The number of aliphatic carboxylic acids is 1. The molecule has 1 aliphatic carbocycles. The molecule has 1 heterocycles.